The summed E-state index contributed by atoms with van der Waals surface area (Å²) in [4.78, 5) is 11.1. The normalized spacial score (nSPS) is 23.3. The molecular weight excluding hydrogens is 188 g/mol. The number of ketones is 1. The number of allylic oxidation sites excluding steroid dienone is 1. The Kier molecular flexibility index (Phi) is 2.25. The zero-order chi connectivity index (χ0) is 10.9. The van der Waals surface area contributed by atoms with E-state index in [1.165, 1.54) is 0 Å². The zero-order valence-corrected chi connectivity index (χ0v) is 8.84. The first kappa shape index (κ1) is 9.80. The van der Waals surface area contributed by atoms with Gasteiger partial charge in [0.1, 0.15) is 13.2 Å². The molecule has 76 valence electrons. The number of nitrogens with zero attached hydrogens (tertiary/aromatic N) is 2. The van der Waals surface area contributed by atoms with Gasteiger partial charge in [-0.15, -0.1) is 4.59 Å². The van der Waals surface area contributed by atoms with Crippen LogP contribution in [0, 0.1) is 0 Å². The van der Waals surface area contributed by atoms with Crippen LogP contribution < -0.4 is 4.59 Å². The third-order valence-corrected chi connectivity index (χ3v) is 2.57. The standard InChI is InChI=1S/C12H13N2O/c1-10(15)11-4-6-12(7-5-11)14(2)9-3-8-13-14/h3-9H,1-2H3/q+1. The molecule has 0 radical (unpaired) electrons. The van der Waals surface area contributed by atoms with Crippen LogP contribution in [-0.2, 0) is 0 Å². The fourth-order valence-electron chi connectivity index (χ4n) is 1.57. The van der Waals surface area contributed by atoms with Crippen LogP contribution in [0.25, 0.3) is 0 Å². The van der Waals surface area contributed by atoms with Gasteiger partial charge in [0.25, 0.3) is 0 Å². The van der Waals surface area contributed by atoms with Gasteiger partial charge in [0.15, 0.2) is 11.5 Å². The van der Waals surface area contributed by atoms with Crippen LogP contribution in [0.5, 0.6) is 0 Å². The number of hydrogen-bond acceptors (Lipinski definition) is 2. The Morgan fingerprint density at radius 1 is 1.27 bits per heavy atom. The van der Waals surface area contributed by atoms with Gasteiger partial charge in [0.2, 0.25) is 0 Å². The van der Waals surface area contributed by atoms with Crippen molar-refractivity contribution in [2.45, 2.75) is 6.92 Å². The molecular formula is C12H13N2O+. The molecule has 3 heteroatoms. The van der Waals surface area contributed by atoms with Crippen LogP contribution in [0.4, 0.5) is 5.69 Å². The lowest BCUT2D eigenvalue weighted by molar-refractivity contribution is 0.101. The fraction of sp³-hybridized carbons (Fsp3) is 0.167. The number of carbonyl (C=O) groups excluding carboxylic acids is 1. The van der Waals surface area contributed by atoms with E-state index in [1.54, 1.807) is 13.1 Å². The Morgan fingerprint density at radius 2 is 1.93 bits per heavy atom. The van der Waals surface area contributed by atoms with Crippen molar-refractivity contribution in [3.63, 3.8) is 0 Å². The Hall–Kier alpha value is -1.74. The first-order valence-electron chi connectivity index (χ1n) is 4.83. The smallest absolute Gasteiger partial charge is 0.163 e. The Morgan fingerprint density at radius 3 is 2.40 bits per heavy atom. The highest BCUT2D eigenvalue weighted by atomic mass is 16.1. The lowest BCUT2D eigenvalue weighted by Crippen LogP contribution is -2.30. The summed E-state index contributed by atoms with van der Waals surface area (Å²) in [6.07, 6.45) is 5.68. The first-order valence-corrected chi connectivity index (χ1v) is 4.83. The van der Waals surface area contributed by atoms with Crippen LogP contribution in [0.1, 0.15) is 17.3 Å². The maximum Gasteiger partial charge on any atom is 0.163 e. The summed E-state index contributed by atoms with van der Waals surface area (Å²) in [7, 11) is 1.99. The molecule has 0 amide bonds. The molecule has 1 atom stereocenters. The molecule has 0 fully saturated rings. The number of Topliss-reactive ketones (excluding diaryl/α,β-unsaturated/α-hetero) is 1. The molecule has 0 saturated carbocycles. The summed E-state index contributed by atoms with van der Waals surface area (Å²) in [5.74, 6) is 0.0877. The Balaban J connectivity index is 2.35. The van der Waals surface area contributed by atoms with E-state index in [-0.39, 0.29) is 5.78 Å². The van der Waals surface area contributed by atoms with Crippen molar-refractivity contribution in [2.75, 3.05) is 7.05 Å². The highest BCUT2D eigenvalue weighted by Gasteiger charge is 2.23. The van der Waals surface area contributed by atoms with Gasteiger partial charge in [0.05, 0.1) is 6.21 Å². The first-order chi connectivity index (χ1) is 7.12. The second-order valence-corrected chi connectivity index (χ2v) is 3.74. The monoisotopic (exact) mass is 201 g/mol. The number of rotatable bonds is 2. The maximum absolute atomic E-state index is 11.1. The summed E-state index contributed by atoms with van der Waals surface area (Å²) >= 11 is 0. The van der Waals surface area contributed by atoms with Gasteiger partial charge in [-0.1, -0.05) is 5.10 Å². The van der Waals surface area contributed by atoms with Crippen molar-refractivity contribution in [2.24, 2.45) is 5.10 Å². The molecule has 15 heavy (non-hydrogen) atoms. The van der Waals surface area contributed by atoms with Crippen molar-refractivity contribution in [3.8, 4) is 0 Å². The summed E-state index contributed by atoms with van der Waals surface area (Å²) in [6.45, 7) is 1.57. The highest BCUT2D eigenvalue weighted by Crippen LogP contribution is 2.24. The minimum atomic E-state index is 0.0877. The Labute approximate surface area is 88.9 Å². The third-order valence-electron chi connectivity index (χ3n) is 2.57. The molecule has 0 spiro atoms. The lowest BCUT2D eigenvalue weighted by atomic mass is 10.1. The van der Waals surface area contributed by atoms with E-state index in [4.69, 9.17) is 0 Å². The average molecular weight is 201 g/mol. The van der Waals surface area contributed by atoms with Crippen LogP contribution >= 0.6 is 0 Å². The third kappa shape index (κ3) is 1.74. The molecule has 1 unspecified atom stereocenters. The second kappa shape index (κ2) is 3.44. The van der Waals surface area contributed by atoms with Crippen molar-refractivity contribution >= 4 is 17.7 Å². The highest BCUT2D eigenvalue weighted by molar-refractivity contribution is 5.94. The van der Waals surface area contributed by atoms with Gasteiger partial charge in [-0.05, 0) is 19.1 Å². The summed E-state index contributed by atoms with van der Waals surface area (Å²) in [6, 6.07) is 7.54. The zero-order valence-electron chi connectivity index (χ0n) is 8.84. The van der Waals surface area contributed by atoms with Crippen LogP contribution in [-0.4, -0.2) is 19.0 Å². The minimum absolute atomic E-state index is 0.0877. The largest absolute Gasteiger partial charge is 0.295 e. The molecule has 1 aromatic rings. The lowest BCUT2D eigenvalue weighted by Gasteiger charge is -2.19. The van der Waals surface area contributed by atoms with Crippen LogP contribution in [0.15, 0.2) is 41.6 Å². The van der Waals surface area contributed by atoms with E-state index < -0.39 is 0 Å². The molecule has 1 heterocycles. The van der Waals surface area contributed by atoms with Crippen molar-refractivity contribution in [3.05, 3.63) is 42.1 Å². The average Bonchev–Trinajstić information content (AvgIpc) is 2.67. The molecule has 1 aliphatic rings. The predicted octanol–water partition coefficient (Wildman–Crippen LogP) is 2.34. The van der Waals surface area contributed by atoms with E-state index in [2.05, 4.69) is 5.10 Å². The molecule has 3 nitrogen and oxygen atoms in total. The van der Waals surface area contributed by atoms with E-state index >= 15 is 0 Å². The van der Waals surface area contributed by atoms with Crippen molar-refractivity contribution < 1.29 is 4.79 Å². The summed E-state index contributed by atoms with van der Waals surface area (Å²) in [5, 5.41) is 4.33. The molecule has 0 bridgehead atoms. The number of carbonyl (C=O) groups is 1. The summed E-state index contributed by atoms with van der Waals surface area (Å²) < 4.78 is 0.415. The molecule has 1 aromatic carbocycles. The number of hydrogen-bond donors (Lipinski definition) is 0. The molecule has 1 aliphatic heterocycles. The van der Waals surface area contributed by atoms with E-state index in [1.807, 2.05) is 43.6 Å². The van der Waals surface area contributed by atoms with Crippen molar-refractivity contribution in [1.82, 2.24) is 4.59 Å². The maximum atomic E-state index is 11.1. The van der Waals surface area contributed by atoms with E-state index in [0.717, 1.165) is 11.3 Å². The van der Waals surface area contributed by atoms with E-state index in [0.29, 0.717) is 4.59 Å². The molecule has 2 rings (SSSR count). The van der Waals surface area contributed by atoms with Gasteiger partial charge in [-0.2, -0.15) is 0 Å². The van der Waals surface area contributed by atoms with Gasteiger partial charge < -0.3 is 0 Å². The predicted molar refractivity (Wildman–Crippen MR) is 61.8 cm³/mol. The SMILES string of the molecule is CC(=O)c1ccc([N+]2(C)C=CC=N2)cc1. The van der Waals surface area contributed by atoms with Crippen LogP contribution in [0.2, 0.25) is 0 Å². The summed E-state index contributed by atoms with van der Waals surface area (Å²) in [5.41, 5.74) is 1.78. The van der Waals surface area contributed by atoms with Crippen LogP contribution in [0.3, 0.4) is 0 Å². The Bertz CT molecular complexity index is 431. The molecule has 0 N–H and O–H groups in total. The van der Waals surface area contributed by atoms with Gasteiger partial charge in [-0.3, -0.25) is 4.79 Å². The number of benzene rings is 1. The minimum Gasteiger partial charge on any atom is -0.295 e. The second-order valence-electron chi connectivity index (χ2n) is 3.74. The van der Waals surface area contributed by atoms with Gasteiger partial charge in [0, 0.05) is 23.8 Å². The van der Waals surface area contributed by atoms with E-state index in [9.17, 15) is 4.79 Å². The van der Waals surface area contributed by atoms with Crippen molar-refractivity contribution in [1.29, 1.82) is 0 Å². The fourth-order valence-corrected chi connectivity index (χ4v) is 1.57. The molecule has 0 aliphatic carbocycles. The topological polar surface area (TPSA) is 29.4 Å². The number of quaternary nitrogens is 1. The quantitative estimate of drug-likeness (QED) is 0.533. The molecule has 0 aromatic heterocycles. The van der Waals surface area contributed by atoms with Gasteiger partial charge >= 0.3 is 0 Å². The molecule has 0 saturated heterocycles. The van der Waals surface area contributed by atoms with Gasteiger partial charge in [-0.25, -0.2) is 0 Å².